The zero-order chi connectivity index (χ0) is 16.7. The lowest BCUT2D eigenvalue weighted by Gasteiger charge is -2.33. The maximum Gasteiger partial charge on any atom is 0.260 e. The van der Waals surface area contributed by atoms with Crippen molar-refractivity contribution in [3.05, 3.63) is 24.3 Å². The van der Waals surface area contributed by atoms with Gasteiger partial charge >= 0.3 is 0 Å². The van der Waals surface area contributed by atoms with E-state index in [2.05, 4.69) is 6.92 Å². The molecule has 1 aliphatic rings. The molecule has 1 heterocycles. The number of rotatable bonds is 7. The fourth-order valence-corrected chi connectivity index (χ4v) is 2.76. The summed E-state index contributed by atoms with van der Waals surface area (Å²) >= 11 is 0. The average molecular weight is 357 g/mol. The first-order valence-corrected chi connectivity index (χ1v) is 8.49. The van der Waals surface area contributed by atoms with E-state index in [0.29, 0.717) is 18.3 Å². The fraction of sp³-hybridized carbons (Fsp3) is 0.611. The Morgan fingerprint density at radius 3 is 2.25 bits per heavy atom. The van der Waals surface area contributed by atoms with Gasteiger partial charge < -0.3 is 20.1 Å². The minimum absolute atomic E-state index is 0. The van der Waals surface area contributed by atoms with Gasteiger partial charge in [-0.25, -0.2) is 0 Å². The van der Waals surface area contributed by atoms with Crippen LogP contribution < -0.4 is 15.2 Å². The van der Waals surface area contributed by atoms with Gasteiger partial charge in [0.25, 0.3) is 5.91 Å². The largest absolute Gasteiger partial charge is 0.494 e. The Bertz CT molecular complexity index is 486. The predicted octanol–water partition coefficient (Wildman–Crippen LogP) is 2.86. The Labute approximate surface area is 150 Å². The van der Waals surface area contributed by atoms with Crippen LogP contribution in [0.15, 0.2) is 24.3 Å². The van der Waals surface area contributed by atoms with Crippen molar-refractivity contribution in [1.82, 2.24) is 4.90 Å². The van der Waals surface area contributed by atoms with Crippen LogP contribution in [0.4, 0.5) is 0 Å². The molecule has 24 heavy (non-hydrogen) atoms. The molecule has 1 aliphatic heterocycles. The number of ether oxygens (including phenoxy) is 2. The maximum atomic E-state index is 12.2. The van der Waals surface area contributed by atoms with E-state index in [1.807, 2.05) is 36.1 Å². The Balaban J connectivity index is 0.00000288. The summed E-state index contributed by atoms with van der Waals surface area (Å²) in [5.41, 5.74) is 5.93. The molecule has 1 aromatic rings. The van der Waals surface area contributed by atoms with Crippen LogP contribution in [0, 0.1) is 5.92 Å². The fourth-order valence-electron chi connectivity index (χ4n) is 2.76. The van der Waals surface area contributed by atoms with Crippen LogP contribution in [0.1, 0.15) is 33.1 Å². The van der Waals surface area contributed by atoms with Gasteiger partial charge in [-0.1, -0.05) is 6.92 Å². The molecule has 0 radical (unpaired) electrons. The summed E-state index contributed by atoms with van der Waals surface area (Å²) in [5, 5.41) is 0. The van der Waals surface area contributed by atoms with Crippen molar-refractivity contribution < 1.29 is 14.3 Å². The summed E-state index contributed by atoms with van der Waals surface area (Å²) in [4.78, 5) is 14.1. The van der Waals surface area contributed by atoms with E-state index in [4.69, 9.17) is 15.2 Å². The molecule has 1 aromatic carbocycles. The molecule has 1 atom stereocenters. The lowest BCUT2D eigenvalue weighted by Crippen LogP contribution is -2.44. The SMILES string of the molecule is CCCOc1ccc(OCC(=O)N2CCC(C(C)N)CC2)cc1.Cl. The summed E-state index contributed by atoms with van der Waals surface area (Å²) in [6.45, 7) is 6.45. The Kier molecular flexibility index (Phi) is 8.93. The molecule has 136 valence electrons. The second-order valence-electron chi connectivity index (χ2n) is 6.19. The summed E-state index contributed by atoms with van der Waals surface area (Å²) in [7, 11) is 0. The van der Waals surface area contributed by atoms with Crippen LogP contribution >= 0.6 is 12.4 Å². The summed E-state index contributed by atoms with van der Waals surface area (Å²) in [6.07, 6.45) is 2.94. The normalized spacial score (nSPS) is 16.2. The summed E-state index contributed by atoms with van der Waals surface area (Å²) < 4.78 is 11.1. The highest BCUT2D eigenvalue weighted by atomic mass is 35.5. The number of likely N-dealkylation sites (tertiary alicyclic amines) is 1. The number of piperidine rings is 1. The minimum Gasteiger partial charge on any atom is -0.494 e. The van der Waals surface area contributed by atoms with Crippen molar-refractivity contribution in [2.24, 2.45) is 11.7 Å². The molecular weight excluding hydrogens is 328 g/mol. The molecule has 0 saturated carbocycles. The van der Waals surface area contributed by atoms with Crippen LogP contribution in [0.2, 0.25) is 0 Å². The Hall–Kier alpha value is -1.46. The van der Waals surface area contributed by atoms with Gasteiger partial charge in [-0.3, -0.25) is 4.79 Å². The quantitative estimate of drug-likeness (QED) is 0.815. The van der Waals surface area contributed by atoms with E-state index < -0.39 is 0 Å². The van der Waals surface area contributed by atoms with Crippen molar-refractivity contribution in [2.75, 3.05) is 26.3 Å². The van der Waals surface area contributed by atoms with Gasteiger partial charge in [-0.05, 0) is 56.4 Å². The molecular formula is C18H29ClN2O3. The number of nitrogens with zero attached hydrogens (tertiary/aromatic N) is 1. The third-order valence-electron chi connectivity index (χ3n) is 4.29. The van der Waals surface area contributed by atoms with E-state index in [9.17, 15) is 4.79 Å². The van der Waals surface area contributed by atoms with Crippen molar-refractivity contribution in [1.29, 1.82) is 0 Å². The predicted molar refractivity (Wildman–Crippen MR) is 97.9 cm³/mol. The number of hydrogen-bond acceptors (Lipinski definition) is 4. The van der Waals surface area contributed by atoms with Gasteiger partial charge in [0.1, 0.15) is 11.5 Å². The molecule has 0 aliphatic carbocycles. The third kappa shape index (κ3) is 6.21. The van der Waals surface area contributed by atoms with E-state index >= 15 is 0 Å². The van der Waals surface area contributed by atoms with Crippen molar-refractivity contribution in [3.8, 4) is 11.5 Å². The highest BCUT2D eigenvalue weighted by Crippen LogP contribution is 2.20. The number of carbonyl (C=O) groups is 1. The maximum absolute atomic E-state index is 12.2. The molecule has 0 aromatic heterocycles. The highest BCUT2D eigenvalue weighted by molar-refractivity contribution is 5.85. The number of amides is 1. The van der Waals surface area contributed by atoms with Crippen LogP contribution in [0.3, 0.4) is 0 Å². The molecule has 1 unspecified atom stereocenters. The second-order valence-corrected chi connectivity index (χ2v) is 6.19. The lowest BCUT2D eigenvalue weighted by molar-refractivity contribution is -0.134. The zero-order valence-electron chi connectivity index (χ0n) is 14.6. The smallest absolute Gasteiger partial charge is 0.260 e. The summed E-state index contributed by atoms with van der Waals surface area (Å²) in [5.74, 6) is 2.08. The van der Waals surface area contributed by atoms with Gasteiger partial charge in [0, 0.05) is 19.1 Å². The standard InChI is InChI=1S/C18H28N2O3.ClH/c1-3-12-22-16-4-6-17(7-5-16)23-13-18(21)20-10-8-15(9-11-20)14(2)19;/h4-7,14-15H,3,8-13,19H2,1-2H3;1H. The van der Waals surface area contributed by atoms with E-state index in [1.165, 1.54) is 0 Å². The van der Waals surface area contributed by atoms with E-state index in [-0.39, 0.29) is 31.0 Å². The van der Waals surface area contributed by atoms with E-state index in [0.717, 1.165) is 38.1 Å². The van der Waals surface area contributed by atoms with Crippen LogP contribution in [-0.4, -0.2) is 43.2 Å². The summed E-state index contributed by atoms with van der Waals surface area (Å²) in [6, 6.07) is 7.60. The molecule has 0 spiro atoms. The molecule has 0 bridgehead atoms. The molecule has 2 rings (SSSR count). The monoisotopic (exact) mass is 356 g/mol. The first-order valence-electron chi connectivity index (χ1n) is 8.49. The molecule has 1 amide bonds. The molecule has 5 nitrogen and oxygen atoms in total. The first-order chi connectivity index (χ1) is 11.1. The Morgan fingerprint density at radius 2 is 1.75 bits per heavy atom. The highest BCUT2D eigenvalue weighted by Gasteiger charge is 2.24. The Morgan fingerprint density at radius 1 is 1.21 bits per heavy atom. The van der Waals surface area contributed by atoms with Crippen LogP contribution in [-0.2, 0) is 4.79 Å². The molecule has 2 N–H and O–H groups in total. The first kappa shape index (κ1) is 20.6. The van der Waals surface area contributed by atoms with Crippen LogP contribution in [0.25, 0.3) is 0 Å². The van der Waals surface area contributed by atoms with E-state index in [1.54, 1.807) is 0 Å². The minimum atomic E-state index is 0. The van der Waals surface area contributed by atoms with Crippen molar-refractivity contribution in [2.45, 2.75) is 39.2 Å². The molecule has 1 fully saturated rings. The van der Waals surface area contributed by atoms with Crippen molar-refractivity contribution in [3.63, 3.8) is 0 Å². The number of benzene rings is 1. The number of hydrogen-bond donors (Lipinski definition) is 1. The van der Waals surface area contributed by atoms with Gasteiger partial charge in [0.05, 0.1) is 6.61 Å². The topological polar surface area (TPSA) is 64.8 Å². The van der Waals surface area contributed by atoms with Crippen molar-refractivity contribution >= 4 is 18.3 Å². The van der Waals surface area contributed by atoms with Gasteiger partial charge in [0.15, 0.2) is 6.61 Å². The lowest BCUT2D eigenvalue weighted by atomic mass is 9.91. The number of halogens is 1. The van der Waals surface area contributed by atoms with Gasteiger partial charge in [0.2, 0.25) is 0 Å². The third-order valence-corrected chi connectivity index (χ3v) is 4.29. The zero-order valence-corrected chi connectivity index (χ0v) is 15.4. The second kappa shape index (κ2) is 10.4. The number of carbonyl (C=O) groups excluding carboxylic acids is 1. The van der Waals surface area contributed by atoms with Crippen LogP contribution in [0.5, 0.6) is 11.5 Å². The van der Waals surface area contributed by atoms with Gasteiger partial charge in [-0.15, -0.1) is 12.4 Å². The van der Waals surface area contributed by atoms with Gasteiger partial charge in [-0.2, -0.15) is 0 Å². The molecule has 1 saturated heterocycles. The average Bonchev–Trinajstić information content (AvgIpc) is 2.58. The molecule has 6 heteroatoms. The number of nitrogens with two attached hydrogens (primary N) is 1.